The minimum absolute atomic E-state index is 0.627. The zero-order chi connectivity index (χ0) is 15.0. The molecule has 1 aromatic rings. The summed E-state index contributed by atoms with van der Waals surface area (Å²) in [7, 11) is 0. The van der Waals surface area contributed by atoms with E-state index in [4.69, 9.17) is 10.5 Å². The number of rotatable bonds is 7. The zero-order valence-electron chi connectivity index (χ0n) is 13.1. The van der Waals surface area contributed by atoms with Gasteiger partial charge in [0.25, 0.3) is 0 Å². The fourth-order valence-corrected chi connectivity index (χ4v) is 2.11. The summed E-state index contributed by atoms with van der Waals surface area (Å²) in [5.74, 6) is 1.62. The van der Waals surface area contributed by atoms with Gasteiger partial charge in [-0.2, -0.15) is 0 Å². The molecule has 0 amide bonds. The van der Waals surface area contributed by atoms with Crippen LogP contribution in [0.4, 0.5) is 0 Å². The number of nitrogens with zero attached hydrogens (tertiary/aromatic N) is 2. The van der Waals surface area contributed by atoms with Gasteiger partial charge in [0, 0.05) is 26.1 Å². The molecule has 4 nitrogen and oxygen atoms in total. The van der Waals surface area contributed by atoms with E-state index in [9.17, 15) is 0 Å². The van der Waals surface area contributed by atoms with E-state index >= 15 is 0 Å². The molecule has 1 aromatic carbocycles. The summed E-state index contributed by atoms with van der Waals surface area (Å²) >= 11 is 0. The number of hydrogen-bond donors (Lipinski definition) is 1. The van der Waals surface area contributed by atoms with E-state index in [0.29, 0.717) is 19.1 Å². The van der Waals surface area contributed by atoms with Crippen LogP contribution in [0.3, 0.4) is 0 Å². The average Bonchev–Trinajstić information content (AvgIpc) is 2.42. The summed E-state index contributed by atoms with van der Waals surface area (Å²) in [6.07, 6.45) is 0.871. The first-order valence-electron chi connectivity index (χ1n) is 7.34. The monoisotopic (exact) mass is 277 g/mol. The highest BCUT2D eigenvalue weighted by Gasteiger charge is 2.03. The van der Waals surface area contributed by atoms with Crippen LogP contribution in [0.1, 0.15) is 31.4 Å². The summed E-state index contributed by atoms with van der Waals surface area (Å²) in [6, 6.07) is 6.18. The standard InChI is InChI=1S/C16H27N3O/c1-5-19(6-2)16(17)18-11-8-12-20-15-13(3)9-7-10-14(15)4/h7,9-10H,5-6,8,11-12H2,1-4H3,(H2,17,18). The van der Waals surface area contributed by atoms with Crippen LogP contribution in [0.25, 0.3) is 0 Å². The van der Waals surface area contributed by atoms with Gasteiger partial charge >= 0.3 is 0 Å². The summed E-state index contributed by atoms with van der Waals surface area (Å²) in [4.78, 5) is 6.43. The molecular formula is C16H27N3O. The summed E-state index contributed by atoms with van der Waals surface area (Å²) < 4.78 is 5.84. The zero-order valence-corrected chi connectivity index (χ0v) is 13.1. The molecule has 20 heavy (non-hydrogen) atoms. The van der Waals surface area contributed by atoms with Crippen molar-refractivity contribution >= 4 is 5.96 Å². The van der Waals surface area contributed by atoms with Crippen molar-refractivity contribution in [3.05, 3.63) is 29.3 Å². The fourth-order valence-electron chi connectivity index (χ4n) is 2.11. The van der Waals surface area contributed by atoms with E-state index in [-0.39, 0.29) is 0 Å². The van der Waals surface area contributed by atoms with Gasteiger partial charge in [0.1, 0.15) is 5.75 Å². The molecule has 4 heteroatoms. The van der Waals surface area contributed by atoms with Gasteiger partial charge in [0.15, 0.2) is 5.96 Å². The first kappa shape index (κ1) is 16.3. The molecule has 0 aliphatic rings. The second-order valence-electron chi connectivity index (χ2n) is 4.84. The van der Waals surface area contributed by atoms with Gasteiger partial charge in [0.05, 0.1) is 6.61 Å². The van der Waals surface area contributed by atoms with E-state index in [0.717, 1.165) is 25.3 Å². The highest BCUT2D eigenvalue weighted by molar-refractivity contribution is 5.77. The van der Waals surface area contributed by atoms with Crippen molar-refractivity contribution in [1.29, 1.82) is 0 Å². The third-order valence-corrected chi connectivity index (χ3v) is 3.32. The summed E-state index contributed by atoms with van der Waals surface area (Å²) in [6.45, 7) is 11.5. The van der Waals surface area contributed by atoms with Gasteiger partial charge in [0.2, 0.25) is 0 Å². The highest BCUT2D eigenvalue weighted by atomic mass is 16.5. The van der Waals surface area contributed by atoms with Crippen molar-refractivity contribution in [2.24, 2.45) is 10.7 Å². The number of nitrogens with two attached hydrogens (primary N) is 1. The van der Waals surface area contributed by atoms with Crippen LogP contribution in [-0.4, -0.2) is 37.1 Å². The maximum absolute atomic E-state index is 5.92. The van der Waals surface area contributed by atoms with Crippen LogP contribution in [-0.2, 0) is 0 Å². The molecule has 0 saturated heterocycles. The van der Waals surface area contributed by atoms with Gasteiger partial charge < -0.3 is 15.4 Å². The van der Waals surface area contributed by atoms with E-state index in [1.165, 1.54) is 11.1 Å². The number of benzene rings is 1. The molecule has 1 rings (SSSR count). The number of ether oxygens (including phenoxy) is 1. The molecule has 0 unspecified atom stereocenters. The lowest BCUT2D eigenvalue weighted by Gasteiger charge is -2.19. The molecule has 0 aliphatic heterocycles. The Labute approximate surface area is 122 Å². The Morgan fingerprint density at radius 3 is 2.35 bits per heavy atom. The lowest BCUT2D eigenvalue weighted by atomic mass is 10.1. The largest absolute Gasteiger partial charge is 0.493 e. The molecule has 0 heterocycles. The highest BCUT2D eigenvalue weighted by Crippen LogP contribution is 2.22. The Bertz CT molecular complexity index is 419. The van der Waals surface area contributed by atoms with Crippen LogP contribution >= 0.6 is 0 Å². The molecule has 0 aliphatic carbocycles. The maximum Gasteiger partial charge on any atom is 0.191 e. The van der Waals surface area contributed by atoms with Gasteiger partial charge in [-0.1, -0.05) is 18.2 Å². The van der Waals surface area contributed by atoms with Crippen LogP contribution in [0.5, 0.6) is 5.75 Å². The van der Waals surface area contributed by atoms with Gasteiger partial charge in [-0.25, -0.2) is 0 Å². The molecule has 2 N–H and O–H groups in total. The van der Waals surface area contributed by atoms with Crippen LogP contribution in [0.2, 0.25) is 0 Å². The third kappa shape index (κ3) is 4.76. The van der Waals surface area contributed by atoms with Crippen LogP contribution in [0, 0.1) is 13.8 Å². The summed E-state index contributed by atoms with van der Waals surface area (Å²) in [5.41, 5.74) is 8.27. The van der Waals surface area contributed by atoms with Crippen molar-refractivity contribution in [1.82, 2.24) is 4.90 Å². The number of guanidine groups is 1. The minimum Gasteiger partial charge on any atom is -0.493 e. The lowest BCUT2D eigenvalue weighted by molar-refractivity contribution is 0.309. The quantitative estimate of drug-likeness (QED) is 0.473. The second-order valence-corrected chi connectivity index (χ2v) is 4.84. The minimum atomic E-state index is 0.627. The number of para-hydroxylation sites is 1. The molecule has 0 saturated carbocycles. The SMILES string of the molecule is CCN(CC)C(N)=NCCCOc1c(C)cccc1C. The third-order valence-electron chi connectivity index (χ3n) is 3.32. The van der Waals surface area contributed by atoms with Crippen LogP contribution < -0.4 is 10.5 Å². The Morgan fingerprint density at radius 1 is 1.20 bits per heavy atom. The van der Waals surface area contributed by atoms with Crippen molar-refractivity contribution in [3.63, 3.8) is 0 Å². The van der Waals surface area contributed by atoms with E-state index in [1.807, 2.05) is 11.0 Å². The molecule has 112 valence electrons. The topological polar surface area (TPSA) is 50.8 Å². The predicted octanol–water partition coefficient (Wildman–Crippen LogP) is 2.73. The van der Waals surface area contributed by atoms with E-state index in [2.05, 4.69) is 44.8 Å². The molecule has 0 aromatic heterocycles. The van der Waals surface area contributed by atoms with Crippen molar-refractivity contribution < 1.29 is 4.74 Å². The number of hydrogen-bond acceptors (Lipinski definition) is 2. The average molecular weight is 277 g/mol. The Kier molecular flexibility index (Phi) is 6.91. The normalized spacial score (nSPS) is 11.5. The molecule has 0 fully saturated rings. The second kappa shape index (κ2) is 8.46. The lowest BCUT2D eigenvalue weighted by Crippen LogP contribution is -2.37. The first-order valence-corrected chi connectivity index (χ1v) is 7.34. The predicted molar refractivity (Wildman–Crippen MR) is 85.4 cm³/mol. The Hall–Kier alpha value is -1.71. The molecule has 0 atom stereocenters. The maximum atomic E-state index is 5.92. The van der Waals surface area contributed by atoms with E-state index < -0.39 is 0 Å². The van der Waals surface area contributed by atoms with Crippen molar-refractivity contribution in [2.75, 3.05) is 26.2 Å². The molecular weight excluding hydrogens is 250 g/mol. The fraction of sp³-hybridized carbons (Fsp3) is 0.562. The van der Waals surface area contributed by atoms with Gasteiger partial charge in [-0.3, -0.25) is 4.99 Å². The Balaban J connectivity index is 2.37. The van der Waals surface area contributed by atoms with Crippen molar-refractivity contribution in [3.8, 4) is 5.75 Å². The van der Waals surface area contributed by atoms with Crippen molar-refractivity contribution in [2.45, 2.75) is 34.1 Å². The number of aryl methyl sites for hydroxylation is 2. The van der Waals surface area contributed by atoms with Gasteiger partial charge in [-0.05, 0) is 38.8 Å². The smallest absolute Gasteiger partial charge is 0.191 e. The first-order chi connectivity index (χ1) is 9.60. The Morgan fingerprint density at radius 2 is 1.80 bits per heavy atom. The van der Waals surface area contributed by atoms with E-state index in [1.54, 1.807) is 0 Å². The summed E-state index contributed by atoms with van der Waals surface area (Å²) in [5, 5.41) is 0. The molecule has 0 bridgehead atoms. The van der Waals surface area contributed by atoms with Crippen LogP contribution in [0.15, 0.2) is 23.2 Å². The van der Waals surface area contributed by atoms with Gasteiger partial charge in [-0.15, -0.1) is 0 Å². The molecule has 0 spiro atoms. The number of aliphatic imine (C=N–C) groups is 1. The molecule has 0 radical (unpaired) electrons.